The lowest BCUT2D eigenvalue weighted by Crippen LogP contribution is -2.63. The van der Waals surface area contributed by atoms with Crippen molar-refractivity contribution in [3.63, 3.8) is 0 Å². The standard InChI is InChI=1S/C27H33FN6O5/c1-27(2,3)39-26(35)34-18-6-5-7-20(34)24(28)22(13-18)38-23-14-30-25(32-31-23)19-9-8-17(33-11-10-29-15-33)12-21(19)37-16-36-4/h8-12,14-15,18,20,22,24H,5-7,13,16H2,1-4H3/t18?,20?,22-,24-/m1/s1. The Bertz CT molecular complexity index is 1270. The number of nitrogens with zero attached hydrogens (tertiary/aromatic N) is 6. The van der Waals surface area contributed by atoms with Crippen LogP contribution in [-0.2, 0) is 9.47 Å². The van der Waals surface area contributed by atoms with Crippen molar-refractivity contribution in [2.24, 2.45) is 0 Å². The molecule has 2 unspecified atom stereocenters. The predicted molar refractivity (Wildman–Crippen MR) is 138 cm³/mol. The summed E-state index contributed by atoms with van der Waals surface area (Å²) in [5.41, 5.74) is 0.799. The Kier molecular flexibility index (Phi) is 7.65. The number of aromatic nitrogens is 5. The number of hydrogen-bond donors (Lipinski definition) is 0. The number of methoxy groups -OCH3 is 1. The summed E-state index contributed by atoms with van der Waals surface area (Å²) in [5, 5.41) is 8.39. The number of benzene rings is 1. The highest BCUT2D eigenvalue weighted by Crippen LogP contribution is 2.38. The van der Waals surface area contributed by atoms with Crippen LogP contribution in [0, 0.1) is 0 Å². The van der Waals surface area contributed by atoms with Gasteiger partial charge in [-0.3, -0.25) is 4.90 Å². The van der Waals surface area contributed by atoms with Crippen molar-refractivity contribution in [2.45, 2.75) is 76.4 Å². The van der Waals surface area contributed by atoms with Gasteiger partial charge in [-0.05, 0) is 52.2 Å². The molecule has 12 heteroatoms. The van der Waals surface area contributed by atoms with Crippen LogP contribution in [0.1, 0.15) is 46.5 Å². The molecule has 0 N–H and O–H groups in total. The lowest BCUT2D eigenvalue weighted by Gasteiger charge is -2.49. The van der Waals surface area contributed by atoms with Crippen LogP contribution in [0.3, 0.4) is 0 Å². The molecule has 1 amide bonds. The van der Waals surface area contributed by atoms with Crippen LogP contribution in [0.15, 0.2) is 43.1 Å². The minimum atomic E-state index is -1.39. The van der Waals surface area contributed by atoms with E-state index in [2.05, 4.69) is 20.2 Å². The highest BCUT2D eigenvalue weighted by atomic mass is 19.1. The zero-order chi connectivity index (χ0) is 27.6. The van der Waals surface area contributed by atoms with E-state index < -0.39 is 30.0 Å². The fourth-order valence-corrected chi connectivity index (χ4v) is 5.12. The van der Waals surface area contributed by atoms with Crippen molar-refractivity contribution in [3.8, 4) is 28.7 Å². The second kappa shape index (κ2) is 11.1. The molecule has 2 saturated heterocycles. The highest BCUT2D eigenvalue weighted by molar-refractivity contribution is 5.69. The number of carbonyl (C=O) groups excluding carboxylic acids is 1. The van der Waals surface area contributed by atoms with Crippen molar-refractivity contribution in [3.05, 3.63) is 43.1 Å². The second-order valence-electron chi connectivity index (χ2n) is 10.7. The maximum atomic E-state index is 15.6. The van der Waals surface area contributed by atoms with E-state index in [1.54, 1.807) is 38.2 Å². The molecule has 2 aliphatic heterocycles. The third-order valence-corrected chi connectivity index (χ3v) is 6.77. The van der Waals surface area contributed by atoms with E-state index >= 15 is 4.39 Å². The number of hydrogen-bond acceptors (Lipinski definition) is 9. The third kappa shape index (κ3) is 5.95. The summed E-state index contributed by atoms with van der Waals surface area (Å²) in [5.74, 6) is 0.938. The minimum absolute atomic E-state index is 0.0389. The van der Waals surface area contributed by atoms with Crippen LogP contribution in [-0.4, -0.2) is 79.6 Å². The summed E-state index contributed by atoms with van der Waals surface area (Å²) in [6.07, 6.45) is 6.50. The van der Waals surface area contributed by atoms with E-state index in [-0.39, 0.29) is 18.7 Å². The molecule has 0 spiro atoms. The van der Waals surface area contributed by atoms with Crippen LogP contribution < -0.4 is 9.47 Å². The van der Waals surface area contributed by atoms with Crippen LogP contribution in [0.2, 0.25) is 0 Å². The largest absolute Gasteiger partial charge is 0.469 e. The van der Waals surface area contributed by atoms with Gasteiger partial charge in [-0.15, -0.1) is 10.2 Å². The molecule has 0 radical (unpaired) electrons. The summed E-state index contributed by atoms with van der Waals surface area (Å²) in [4.78, 5) is 22.9. The van der Waals surface area contributed by atoms with Gasteiger partial charge >= 0.3 is 6.09 Å². The maximum absolute atomic E-state index is 15.6. The molecule has 5 rings (SSSR count). The Hall–Kier alpha value is -3.80. The van der Waals surface area contributed by atoms with E-state index in [9.17, 15) is 4.79 Å². The molecule has 1 aromatic carbocycles. The summed E-state index contributed by atoms with van der Waals surface area (Å²) in [6, 6.07) is 4.77. The average Bonchev–Trinajstić information content (AvgIpc) is 3.45. The van der Waals surface area contributed by atoms with Gasteiger partial charge in [-0.2, -0.15) is 0 Å². The molecule has 0 aliphatic carbocycles. The molecular weight excluding hydrogens is 507 g/mol. The summed E-state index contributed by atoms with van der Waals surface area (Å²) >= 11 is 0. The zero-order valence-electron chi connectivity index (χ0n) is 22.5. The second-order valence-corrected chi connectivity index (χ2v) is 10.7. The lowest BCUT2D eigenvalue weighted by molar-refractivity contribution is -0.0802. The Balaban J connectivity index is 1.31. The first-order chi connectivity index (χ1) is 18.7. The first-order valence-corrected chi connectivity index (χ1v) is 13.0. The molecule has 4 atom stereocenters. The van der Waals surface area contributed by atoms with Crippen molar-refractivity contribution >= 4 is 6.09 Å². The van der Waals surface area contributed by atoms with E-state index in [1.165, 1.54) is 13.3 Å². The molecule has 3 aromatic rings. The quantitative estimate of drug-likeness (QED) is 0.404. The van der Waals surface area contributed by atoms with Crippen molar-refractivity contribution in [2.75, 3.05) is 13.9 Å². The Morgan fingerprint density at radius 3 is 2.74 bits per heavy atom. The molecule has 4 heterocycles. The van der Waals surface area contributed by atoms with Gasteiger partial charge in [-0.25, -0.2) is 19.2 Å². The topological polar surface area (TPSA) is 114 Å². The molecule has 208 valence electrons. The molecular formula is C27H33FN6O5. The monoisotopic (exact) mass is 540 g/mol. The summed E-state index contributed by atoms with van der Waals surface area (Å²) in [7, 11) is 1.54. The van der Waals surface area contributed by atoms with Gasteiger partial charge < -0.3 is 23.5 Å². The van der Waals surface area contributed by atoms with E-state index in [4.69, 9.17) is 18.9 Å². The number of amides is 1. The Labute approximate surface area is 226 Å². The molecule has 39 heavy (non-hydrogen) atoms. The van der Waals surface area contributed by atoms with Gasteiger partial charge in [0.2, 0.25) is 0 Å². The zero-order valence-corrected chi connectivity index (χ0v) is 22.5. The predicted octanol–water partition coefficient (Wildman–Crippen LogP) is 4.35. The van der Waals surface area contributed by atoms with Gasteiger partial charge in [-0.1, -0.05) is 0 Å². The smallest absolute Gasteiger partial charge is 0.410 e. The number of rotatable bonds is 7. The van der Waals surface area contributed by atoms with Gasteiger partial charge in [0.15, 0.2) is 18.8 Å². The number of alkyl halides is 1. The SMILES string of the molecule is COCOc1cc(-n2ccnc2)ccc1-c1ncc(O[C@@H]2CC3CCCC([C@H]2F)N3C(=O)OC(C)(C)C)nn1. The normalized spacial score (nSPS) is 22.8. The summed E-state index contributed by atoms with van der Waals surface area (Å²) in [6.45, 7) is 5.45. The van der Waals surface area contributed by atoms with Gasteiger partial charge in [0, 0.05) is 38.0 Å². The van der Waals surface area contributed by atoms with Crippen LogP contribution >= 0.6 is 0 Å². The molecule has 0 saturated carbocycles. The van der Waals surface area contributed by atoms with Crippen molar-refractivity contribution in [1.82, 2.24) is 29.6 Å². The van der Waals surface area contributed by atoms with E-state index in [0.29, 0.717) is 30.0 Å². The Morgan fingerprint density at radius 2 is 2.05 bits per heavy atom. The maximum Gasteiger partial charge on any atom is 0.410 e. The van der Waals surface area contributed by atoms with Gasteiger partial charge in [0.1, 0.15) is 17.5 Å². The van der Waals surface area contributed by atoms with Crippen LogP contribution in [0.4, 0.5) is 9.18 Å². The molecule has 2 aromatic heterocycles. The van der Waals surface area contributed by atoms with E-state index in [1.807, 2.05) is 29.0 Å². The molecule has 2 bridgehead atoms. The van der Waals surface area contributed by atoms with Crippen LogP contribution in [0.5, 0.6) is 11.6 Å². The van der Waals surface area contributed by atoms with Gasteiger partial charge in [0.25, 0.3) is 5.88 Å². The number of fused-ring (bicyclic) bond motifs is 2. The van der Waals surface area contributed by atoms with Crippen molar-refractivity contribution in [1.29, 1.82) is 0 Å². The lowest BCUT2D eigenvalue weighted by atomic mass is 9.82. The average molecular weight is 541 g/mol. The minimum Gasteiger partial charge on any atom is -0.469 e. The Morgan fingerprint density at radius 1 is 1.21 bits per heavy atom. The first-order valence-electron chi connectivity index (χ1n) is 13.0. The third-order valence-electron chi connectivity index (χ3n) is 6.77. The molecule has 2 aliphatic rings. The fourth-order valence-electron chi connectivity index (χ4n) is 5.12. The van der Waals surface area contributed by atoms with Crippen molar-refractivity contribution < 1.29 is 28.1 Å². The number of ether oxygens (including phenoxy) is 4. The van der Waals surface area contributed by atoms with Gasteiger partial charge in [0.05, 0.1) is 29.8 Å². The fraction of sp³-hybridized carbons (Fsp3) is 0.519. The highest BCUT2D eigenvalue weighted by Gasteiger charge is 2.50. The number of halogens is 1. The first kappa shape index (κ1) is 26.8. The molecule has 11 nitrogen and oxygen atoms in total. The van der Waals surface area contributed by atoms with Crippen LogP contribution in [0.25, 0.3) is 17.1 Å². The molecule has 2 fully saturated rings. The number of imidazole rings is 1. The number of carbonyl (C=O) groups is 1. The van der Waals surface area contributed by atoms with E-state index in [0.717, 1.165) is 18.5 Å². The summed E-state index contributed by atoms with van der Waals surface area (Å²) < 4.78 is 39.8. The number of piperidine rings is 2.